The quantitative estimate of drug-likeness (QED) is 0.760. The Morgan fingerprint density at radius 1 is 1.75 bits per heavy atom. The number of thiophene rings is 1. The summed E-state index contributed by atoms with van der Waals surface area (Å²) >= 11 is 1.76. The van der Waals surface area contributed by atoms with Gasteiger partial charge >= 0.3 is 0 Å². The fourth-order valence-electron chi connectivity index (χ4n) is 1.78. The first-order chi connectivity index (χ1) is 5.77. The summed E-state index contributed by atoms with van der Waals surface area (Å²) in [6.07, 6.45) is 2.41. The summed E-state index contributed by atoms with van der Waals surface area (Å²) in [6.45, 7) is 2.29. The van der Waals surface area contributed by atoms with Gasteiger partial charge < -0.3 is 5.73 Å². The molecule has 1 aromatic rings. The predicted molar refractivity (Wildman–Crippen MR) is 53.3 cm³/mol. The third-order valence-electron chi connectivity index (χ3n) is 2.77. The molecular weight excluding hydrogens is 166 g/mol. The third kappa shape index (κ3) is 1.70. The van der Waals surface area contributed by atoms with E-state index in [9.17, 15) is 0 Å². The zero-order chi connectivity index (χ0) is 8.55. The van der Waals surface area contributed by atoms with Gasteiger partial charge in [-0.3, -0.25) is 0 Å². The second kappa shape index (κ2) is 3.19. The average Bonchev–Trinajstić information content (AvgIpc) is 2.58. The predicted octanol–water partition coefficient (Wildman–Crippen LogP) is 2.27. The molecule has 1 heterocycles. The first-order valence-corrected chi connectivity index (χ1v) is 5.48. The molecule has 2 N–H and O–H groups in total. The maximum Gasteiger partial charge on any atom is 0.0111 e. The minimum Gasteiger partial charge on any atom is -0.327 e. The van der Waals surface area contributed by atoms with Crippen LogP contribution in [0.4, 0.5) is 0 Å². The van der Waals surface area contributed by atoms with Gasteiger partial charge in [0.15, 0.2) is 0 Å². The fraction of sp³-hybridized carbons (Fsp3) is 0.600. The highest BCUT2D eigenvalue weighted by molar-refractivity contribution is 7.07. The van der Waals surface area contributed by atoms with Crippen LogP contribution in [-0.4, -0.2) is 6.04 Å². The van der Waals surface area contributed by atoms with Gasteiger partial charge in [-0.05, 0) is 47.1 Å². The van der Waals surface area contributed by atoms with Crippen LogP contribution >= 0.6 is 11.3 Å². The topological polar surface area (TPSA) is 26.0 Å². The van der Waals surface area contributed by atoms with Crippen molar-refractivity contribution in [2.45, 2.75) is 25.8 Å². The van der Waals surface area contributed by atoms with Gasteiger partial charge in [0.05, 0.1) is 0 Å². The van der Waals surface area contributed by atoms with E-state index in [0.717, 1.165) is 18.3 Å². The maximum atomic E-state index is 6.07. The lowest BCUT2D eigenvalue weighted by atomic mass is 10.0. The van der Waals surface area contributed by atoms with Crippen molar-refractivity contribution >= 4 is 11.3 Å². The average molecular weight is 181 g/mol. The van der Waals surface area contributed by atoms with E-state index in [1.165, 1.54) is 12.0 Å². The monoisotopic (exact) mass is 181 g/mol. The van der Waals surface area contributed by atoms with Crippen molar-refractivity contribution in [1.82, 2.24) is 0 Å². The highest BCUT2D eigenvalue weighted by atomic mass is 32.1. The molecule has 0 aliphatic heterocycles. The normalized spacial score (nSPS) is 30.2. The second-order valence-corrected chi connectivity index (χ2v) is 4.66. The Morgan fingerprint density at radius 3 is 3.00 bits per heavy atom. The molecule has 2 rings (SSSR count). The first-order valence-electron chi connectivity index (χ1n) is 4.54. The highest BCUT2D eigenvalue weighted by Crippen LogP contribution is 2.40. The summed E-state index contributed by atoms with van der Waals surface area (Å²) in [5.74, 6) is 1.67. The summed E-state index contributed by atoms with van der Waals surface area (Å²) < 4.78 is 0. The summed E-state index contributed by atoms with van der Waals surface area (Å²) in [5, 5.41) is 4.32. The van der Waals surface area contributed by atoms with Crippen molar-refractivity contribution in [2.75, 3.05) is 0 Å². The Bertz CT molecular complexity index is 242. The van der Waals surface area contributed by atoms with Gasteiger partial charge in [-0.1, -0.05) is 6.92 Å². The van der Waals surface area contributed by atoms with Crippen molar-refractivity contribution < 1.29 is 0 Å². The largest absolute Gasteiger partial charge is 0.327 e. The second-order valence-electron chi connectivity index (χ2n) is 3.88. The lowest BCUT2D eigenvalue weighted by molar-refractivity contribution is 0.561. The van der Waals surface area contributed by atoms with Crippen LogP contribution in [0.15, 0.2) is 16.8 Å². The molecule has 0 saturated heterocycles. The third-order valence-corrected chi connectivity index (χ3v) is 3.51. The molecule has 0 radical (unpaired) electrons. The summed E-state index contributed by atoms with van der Waals surface area (Å²) in [7, 11) is 0. The van der Waals surface area contributed by atoms with Crippen molar-refractivity contribution in [3.8, 4) is 0 Å². The van der Waals surface area contributed by atoms with Crippen LogP contribution in [-0.2, 0) is 6.42 Å². The highest BCUT2D eigenvalue weighted by Gasteiger charge is 2.37. The van der Waals surface area contributed by atoms with Crippen molar-refractivity contribution in [3.05, 3.63) is 22.4 Å². The molecule has 3 unspecified atom stereocenters. The molecule has 1 saturated carbocycles. The van der Waals surface area contributed by atoms with Crippen LogP contribution in [0.25, 0.3) is 0 Å². The van der Waals surface area contributed by atoms with Gasteiger partial charge in [-0.15, -0.1) is 0 Å². The van der Waals surface area contributed by atoms with E-state index < -0.39 is 0 Å². The number of nitrogens with two attached hydrogens (primary N) is 1. The first kappa shape index (κ1) is 8.27. The zero-order valence-corrected chi connectivity index (χ0v) is 8.18. The molecule has 0 spiro atoms. The molecule has 0 bridgehead atoms. The van der Waals surface area contributed by atoms with E-state index in [1.807, 2.05) is 0 Å². The van der Waals surface area contributed by atoms with E-state index in [2.05, 4.69) is 23.8 Å². The Morgan fingerprint density at radius 2 is 2.50 bits per heavy atom. The van der Waals surface area contributed by atoms with Crippen molar-refractivity contribution in [2.24, 2.45) is 17.6 Å². The molecule has 66 valence electrons. The summed E-state index contributed by atoms with van der Waals surface area (Å²) in [6, 6.07) is 2.58. The lowest BCUT2D eigenvalue weighted by Crippen LogP contribution is -2.25. The molecule has 0 amide bonds. The molecule has 2 heteroatoms. The SMILES string of the molecule is CC1CC1C(N)Cc1ccsc1. The number of hydrogen-bond acceptors (Lipinski definition) is 2. The Hall–Kier alpha value is -0.340. The molecule has 1 fully saturated rings. The van der Waals surface area contributed by atoms with Gasteiger partial charge in [0.1, 0.15) is 0 Å². The van der Waals surface area contributed by atoms with Crippen molar-refractivity contribution in [1.29, 1.82) is 0 Å². The standard InChI is InChI=1S/C10H15NS/c1-7-4-9(7)10(11)5-8-2-3-12-6-8/h2-3,6-7,9-10H,4-5,11H2,1H3. The Labute approximate surface area is 77.6 Å². The van der Waals surface area contributed by atoms with E-state index in [4.69, 9.17) is 5.73 Å². The smallest absolute Gasteiger partial charge is 0.0111 e. The van der Waals surface area contributed by atoms with Crippen LogP contribution in [0.5, 0.6) is 0 Å². The molecule has 1 aromatic heterocycles. The van der Waals surface area contributed by atoms with Crippen LogP contribution in [0.2, 0.25) is 0 Å². The molecule has 12 heavy (non-hydrogen) atoms. The fourth-order valence-corrected chi connectivity index (χ4v) is 2.46. The van der Waals surface area contributed by atoms with Crippen LogP contribution in [0.3, 0.4) is 0 Å². The van der Waals surface area contributed by atoms with Crippen LogP contribution in [0.1, 0.15) is 18.9 Å². The van der Waals surface area contributed by atoms with E-state index >= 15 is 0 Å². The minimum absolute atomic E-state index is 0.398. The summed E-state index contributed by atoms with van der Waals surface area (Å²) in [4.78, 5) is 0. The Kier molecular flexibility index (Phi) is 2.20. The molecule has 1 aliphatic rings. The summed E-state index contributed by atoms with van der Waals surface area (Å²) in [5.41, 5.74) is 7.47. The molecule has 1 aliphatic carbocycles. The van der Waals surface area contributed by atoms with E-state index in [1.54, 1.807) is 11.3 Å². The lowest BCUT2D eigenvalue weighted by Gasteiger charge is -2.08. The van der Waals surface area contributed by atoms with Crippen LogP contribution < -0.4 is 5.73 Å². The van der Waals surface area contributed by atoms with Gasteiger partial charge in [-0.25, -0.2) is 0 Å². The molecular formula is C10H15NS. The number of rotatable bonds is 3. The van der Waals surface area contributed by atoms with Crippen LogP contribution in [0, 0.1) is 11.8 Å². The Balaban J connectivity index is 1.87. The van der Waals surface area contributed by atoms with Gasteiger partial charge in [0.25, 0.3) is 0 Å². The van der Waals surface area contributed by atoms with Gasteiger partial charge in [0.2, 0.25) is 0 Å². The molecule has 3 atom stereocenters. The zero-order valence-electron chi connectivity index (χ0n) is 7.36. The van der Waals surface area contributed by atoms with Gasteiger partial charge in [-0.2, -0.15) is 11.3 Å². The van der Waals surface area contributed by atoms with Crippen molar-refractivity contribution in [3.63, 3.8) is 0 Å². The molecule has 0 aromatic carbocycles. The van der Waals surface area contributed by atoms with E-state index in [0.29, 0.717) is 6.04 Å². The van der Waals surface area contributed by atoms with Gasteiger partial charge in [0, 0.05) is 6.04 Å². The minimum atomic E-state index is 0.398. The number of hydrogen-bond donors (Lipinski definition) is 1. The van der Waals surface area contributed by atoms with E-state index in [-0.39, 0.29) is 0 Å². The molecule has 1 nitrogen and oxygen atoms in total. The maximum absolute atomic E-state index is 6.07.